The Labute approximate surface area is 102 Å². The summed E-state index contributed by atoms with van der Waals surface area (Å²) < 4.78 is 5.36. The van der Waals surface area contributed by atoms with E-state index < -0.39 is 0 Å². The van der Waals surface area contributed by atoms with Crippen molar-refractivity contribution in [2.24, 2.45) is 7.05 Å². The number of aromatic nitrogens is 6. The normalized spacial score (nSPS) is 10.6. The van der Waals surface area contributed by atoms with E-state index in [-0.39, 0.29) is 5.12 Å². The smallest absolute Gasteiger partial charge is 0.243 e. The molecule has 0 saturated carbocycles. The fourth-order valence-electron chi connectivity index (χ4n) is 1.33. The summed E-state index contributed by atoms with van der Waals surface area (Å²) in [7, 11) is 1.92. The third-order valence-corrected chi connectivity index (χ3v) is 2.95. The highest BCUT2D eigenvalue weighted by Crippen LogP contribution is 2.04. The predicted molar refractivity (Wildman–Crippen MR) is 60.9 cm³/mol. The zero-order chi connectivity index (χ0) is 12.1. The van der Waals surface area contributed by atoms with Crippen molar-refractivity contribution < 1.29 is 9.36 Å². The Morgan fingerprint density at radius 3 is 3.06 bits per heavy atom. The average molecular weight is 253 g/mol. The highest BCUT2D eigenvalue weighted by molar-refractivity contribution is 8.13. The van der Waals surface area contributed by atoms with E-state index in [1.54, 1.807) is 4.68 Å². The first-order valence-corrected chi connectivity index (χ1v) is 6.10. The molecular formula is C9H13N6OS+. The SMILES string of the molecule is C[n+]1ccn(CC(=O)SCCn2cnnn2)c1. The Bertz CT molecular complexity index is 479. The van der Waals surface area contributed by atoms with Gasteiger partial charge in [0.05, 0.1) is 13.6 Å². The number of carbonyl (C=O) groups excluding carboxylic acids is 1. The van der Waals surface area contributed by atoms with Crippen LogP contribution in [0.5, 0.6) is 0 Å². The molecule has 0 bridgehead atoms. The van der Waals surface area contributed by atoms with Crippen molar-refractivity contribution in [2.75, 3.05) is 5.75 Å². The molecule has 2 aromatic heterocycles. The quantitative estimate of drug-likeness (QED) is 0.656. The minimum absolute atomic E-state index is 0.134. The average Bonchev–Trinajstić information content (AvgIpc) is 2.90. The standard InChI is InChI=1S/C9H13N6OS/c1-13-2-3-14(8-13)6-9(16)17-5-4-15-7-10-11-12-15/h2-3,7-8H,4-6H2,1H3/q+1. The van der Waals surface area contributed by atoms with Crippen LogP contribution in [0, 0.1) is 0 Å². The molecule has 0 aliphatic carbocycles. The van der Waals surface area contributed by atoms with Gasteiger partial charge in [0, 0.05) is 5.75 Å². The molecule has 0 aliphatic rings. The topological polar surface area (TPSA) is 69.5 Å². The summed E-state index contributed by atoms with van der Waals surface area (Å²) >= 11 is 1.29. The van der Waals surface area contributed by atoms with Gasteiger partial charge in [-0.2, -0.15) is 0 Å². The van der Waals surface area contributed by atoms with Crippen LogP contribution in [0.3, 0.4) is 0 Å². The fraction of sp³-hybridized carbons (Fsp3) is 0.444. The number of rotatable bonds is 5. The molecule has 0 N–H and O–H groups in total. The van der Waals surface area contributed by atoms with Gasteiger partial charge < -0.3 is 0 Å². The molecule has 0 atom stereocenters. The van der Waals surface area contributed by atoms with Gasteiger partial charge in [-0.15, -0.1) is 5.10 Å². The lowest BCUT2D eigenvalue weighted by Gasteiger charge is -1.98. The van der Waals surface area contributed by atoms with Gasteiger partial charge in [-0.3, -0.25) is 4.79 Å². The third kappa shape index (κ3) is 3.66. The van der Waals surface area contributed by atoms with Crippen LogP contribution in [0.15, 0.2) is 25.0 Å². The van der Waals surface area contributed by atoms with Crippen molar-refractivity contribution >= 4 is 16.9 Å². The number of thioether (sulfide) groups is 1. The second kappa shape index (κ2) is 5.58. The summed E-state index contributed by atoms with van der Waals surface area (Å²) in [5, 5.41) is 10.9. The minimum Gasteiger partial charge on any atom is -0.283 e. The third-order valence-electron chi connectivity index (χ3n) is 2.11. The maximum atomic E-state index is 11.6. The van der Waals surface area contributed by atoms with Crippen LogP contribution in [0.1, 0.15) is 0 Å². The monoisotopic (exact) mass is 253 g/mol. The van der Waals surface area contributed by atoms with Gasteiger partial charge >= 0.3 is 0 Å². The molecule has 2 heterocycles. The number of aryl methyl sites for hydroxylation is 2. The van der Waals surface area contributed by atoms with Crippen LogP contribution in [0.25, 0.3) is 0 Å². The lowest BCUT2D eigenvalue weighted by molar-refractivity contribution is -0.671. The number of nitrogens with zero attached hydrogens (tertiary/aromatic N) is 6. The highest BCUT2D eigenvalue weighted by Gasteiger charge is 2.08. The molecule has 0 saturated heterocycles. The van der Waals surface area contributed by atoms with E-state index in [0.29, 0.717) is 18.8 Å². The number of tetrazole rings is 1. The Kier molecular flexibility index (Phi) is 3.86. The largest absolute Gasteiger partial charge is 0.283 e. The van der Waals surface area contributed by atoms with Gasteiger partial charge in [-0.05, 0) is 10.4 Å². The Balaban J connectivity index is 1.71. The van der Waals surface area contributed by atoms with Crippen LogP contribution in [0.2, 0.25) is 0 Å². The van der Waals surface area contributed by atoms with Crippen molar-refractivity contribution in [1.29, 1.82) is 0 Å². The van der Waals surface area contributed by atoms with Crippen molar-refractivity contribution in [1.82, 2.24) is 24.8 Å². The summed E-state index contributed by atoms with van der Waals surface area (Å²) in [5.41, 5.74) is 0. The molecule has 8 heteroatoms. The van der Waals surface area contributed by atoms with Gasteiger partial charge in [0.15, 0.2) is 6.54 Å². The van der Waals surface area contributed by atoms with Gasteiger partial charge in [0.1, 0.15) is 18.7 Å². The molecule has 0 radical (unpaired) electrons. The van der Waals surface area contributed by atoms with E-state index in [1.807, 2.05) is 34.9 Å². The van der Waals surface area contributed by atoms with E-state index in [0.717, 1.165) is 0 Å². The van der Waals surface area contributed by atoms with Gasteiger partial charge in [0.25, 0.3) is 0 Å². The lowest BCUT2D eigenvalue weighted by atomic mass is 10.7. The van der Waals surface area contributed by atoms with Crippen LogP contribution < -0.4 is 4.57 Å². The minimum atomic E-state index is 0.134. The molecule has 7 nitrogen and oxygen atoms in total. The van der Waals surface area contributed by atoms with E-state index in [1.165, 1.54) is 18.1 Å². The van der Waals surface area contributed by atoms with Gasteiger partial charge in [-0.25, -0.2) is 13.8 Å². The molecular weight excluding hydrogens is 240 g/mol. The Morgan fingerprint density at radius 1 is 1.53 bits per heavy atom. The van der Waals surface area contributed by atoms with E-state index >= 15 is 0 Å². The molecule has 0 spiro atoms. The first-order valence-electron chi connectivity index (χ1n) is 5.11. The van der Waals surface area contributed by atoms with Crippen LogP contribution >= 0.6 is 11.8 Å². The number of hydrogen-bond donors (Lipinski definition) is 0. The van der Waals surface area contributed by atoms with Crippen molar-refractivity contribution in [3.8, 4) is 0 Å². The molecule has 17 heavy (non-hydrogen) atoms. The van der Waals surface area contributed by atoms with E-state index in [4.69, 9.17) is 0 Å². The Morgan fingerprint density at radius 2 is 2.41 bits per heavy atom. The first-order chi connectivity index (χ1) is 8.24. The molecule has 0 unspecified atom stereocenters. The highest BCUT2D eigenvalue weighted by atomic mass is 32.2. The van der Waals surface area contributed by atoms with E-state index in [2.05, 4.69) is 15.5 Å². The van der Waals surface area contributed by atoms with Crippen molar-refractivity contribution in [2.45, 2.75) is 13.1 Å². The summed E-state index contributed by atoms with van der Waals surface area (Å²) in [6.45, 7) is 1.03. The molecule has 0 aromatic carbocycles. The number of carbonyl (C=O) groups is 1. The van der Waals surface area contributed by atoms with Gasteiger partial charge in [0.2, 0.25) is 11.4 Å². The fourth-order valence-corrected chi connectivity index (χ4v) is 2.07. The summed E-state index contributed by atoms with van der Waals surface area (Å²) in [6.07, 6.45) is 7.19. The molecule has 0 amide bonds. The lowest BCUT2D eigenvalue weighted by Crippen LogP contribution is -2.24. The second-order valence-corrected chi connectivity index (χ2v) is 4.70. The van der Waals surface area contributed by atoms with E-state index in [9.17, 15) is 4.79 Å². The summed E-state index contributed by atoms with van der Waals surface area (Å²) in [6, 6.07) is 0. The maximum absolute atomic E-state index is 11.6. The molecule has 0 fully saturated rings. The molecule has 2 aromatic rings. The molecule has 90 valence electrons. The zero-order valence-corrected chi connectivity index (χ0v) is 10.2. The van der Waals surface area contributed by atoms with Gasteiger partial charge in [-0.1, -0.05) is 11.8 Å². The second-order valence-electron chi connectivity index (χ2n) is 3.54. The van der Waals surface area contributed by atoms with Crippen molar-refractivity contribution in [3.63, 3.8) is 0 Å². The number of imidazole rings is 1. The van der Waals surface area contributed by atoms with Crippen molar-refractivity contribution in [3.05, 3.63) is 25.0 Å². The summed E-state index contributed by atoms with van der Waals surface area (Å²) in [5.74, 6) is 0.678. The first kappa shape index (κ1) is 11.8. The number of hydrogen-bond acceptors (Lipinski definition) is 5. The molecule has 0 aliphatic heterocycles. The zero-order valence-electron chi connectivity index (χ0n) is 9.43. The van der Waals surface area contributed by atoms with Crippen LogP contribution in [-0.4, -0.2) is 35.6 Å². The summed E-state index contributed by atoms with van der Waals surface area (Å²) in [4.78, 5) is 11.6. The van der Waals surface area contributed by atoms with Crippen LogP contribution in [0.4, 0.5) is 0 Å². The molecule has 2 rings (SSSR count). The van der Waals surface area contributed by atoms with Crippen LogP contribution in [-0.2, 0) is 24.9 Å². The predicted octanol–water partition coefficient (Wildman–Crippen LogP) is -0.741. The Hall–Kier alpha value is -1.70. The maximum Gasteiger partial charge on any atom is 0.243 e.